The maximum atomic E-state index is 11.8. The molecule has 0 amide bonds. The zero-order valence-electron chi connectivity index (χ0n) is 10.9. The molecule has 0 aliphatic rings. The number of ether oxygens (including phenoxy) is 1. The fraction of sp³-hybridized carbons (Fsp3) is 0.0714. The van der Waals surface area contributed by atoms with Crippen LogP contribution in [0.25, 0.3) is 6.08 Å². The van der Waals surface area contributed by atoms with Crippen LogP contribution in [0, 0.1) is 10.1 Å². The Morgan fingerprint density at radius 3 is 2.81 bits per heavy atom. The molecule has 21 heavy (non-hydrogen) atoms. The highest BCUT2D eigenvalue weighted by Gasteiger charge is 2.15. The van der Waals surface area contributed by atoms with Gasteiger partial charge in [0.2, 0.25) is 11.5 Å². The molecule has 0 bridgehead atoms. The van der Waals surface area contributed by atoms with E-state index in [4.69, 9.17) is 9.15 Å². The maximum Gasteiger partial charge on any atom is 0.379 e. The Labute approximate surface area is 128 Å². The third-order valence-electron chi connectivity index (χ3n) is 2.55. The van der Waals surface area contributed by atoms with Crippen molar-refractivity contribution in [1.82, 2.24) is 0 Å². The van der Waals surface area contributed by atoms with Crippen LogP contribution in [-0.4, -0.2) is 10.9 Å². The summed E-state index contributed by atoms with van der Waals surface area (Å²) in [5.41, 5.74) is 0.349. The minimum absolute atomic E-state index is 0.0545. The van der Waals surface area contributed by atoms with Crippen LogP contribution >= 0.6 is 15.9 Å². The lowest BCUT2D eigenvalue weighted by molar-refractivity contribution is -0.422. The van der Waals surface area contributed by atoms with Crippen molar-refractivity contribution >= 4 is 28.0 Å². The van der Waals surface area contributed by atoms with Gasteiger partial charge in [0.05, 0.1) is 11.2 Å². The molecule has 0 unspecified atom stereocenters. The highest BCUT2D eigenvalue weighted by atomic mass is 79.9. The van der Waals surface area contributed by atoms with Crippen LogP contribution in [0.5, 0.6) is 5.75 Å². The van der Waals surface area contributed by atoms with Crippen LogP contribution in [0.15, 0.2) is 51.2 Å². The average molecular weight is 352 g/mol. The van der Waals surface area contributed by atoms with E-state index in [0.717, 1.165) is 0 Å². The summed E-state index contributed by atoms with van der Waals surface area (Å²) in [6.45, 7) is 1.36. The van der Waals surface area contributed by atoms with E-state index in [-0.39, 0.29) is 17.2 Å². The minimum Gasteiger partial charge on any atom is -0.457 e. The summed E-state index contributed by atoms with van der Waals surface area (Å²) in [4.78, 5) is 22.0. The number of hydrogen-bond donors (Lipinski definition) is 0. The molecule has 1 heterocycles. The predicted octanol–water partition coefficient (Wildman–Crippen LogP) is 3.90. The highest BCUT2D eigenvalue weighted by Crippen LogP contribution is 2.26. The molecule has 2 rings (SSSR count). The lowest BCUT2D eigenvalue weighted by atomic mass is 10.1. The second kappa shape index (κ2) is 6.36. The number of carbonyl (C=O) groups excluding carboxylic acids is 1. The normalized spacial score (nSPS) is 11.2. The van der Waals surface area contributed by atoms with E-state index in [1.807, 2.05) is 0 Å². The molecule has 108 valence electrons. The first-order chi connectivity index (χ1) is 9.97. The van der Waals surface area contributed by atoms with Gasteiger partial charge in [0, 0.05) is 23.0 Å². The van der Waals surface area contributed by atoms with Crippen LogP contribution in [0.3, 0.4) is 0 Å². The summed E-state index contributed by atoms with van der Waals surface area (Å²) in [5, 5.41) is 10.7. The van der Waals surface area contributed by atoms with Gasteiger partial charge in [-0.15, -0.1) is 0 Å². The number of hydrogen-bond acceptors (Lipinski definition) is 5. The third kappa shape index (κ3) is 3.79. The molecule has 0 N–H and O–H groups in total. The molecule has 7 heteroatoms. The van der Waals surface area contributed by atoms with E-state index < -0.39 is 10.9 Å². The van der Waals surface area contributed by atoms with Gasteiger partial charge < -0.3 is 9.15 Å². The first-order valence-electron chi connectivity index (χ1n) is 5.85. The zero-order chi connectivity index (χ0) is 15.4. The third-order valence-corrected chi connectivity index (χ3v) is 3.04. The highest BCUT2D eigenvalue weighted by molar-refractivity contribution is 9.10. The molecule has 0 aliphatic carbocycles. The van der Waals surface area contributed by atoms with E-state index in [1.165, 1.54) is 25.3 Å². The second-order valence-corrected chi connectivity index (χ2v) is 5.01. The first-order valence-corrected chi connectivity index (χ1v) is 6.64. The van der Waals surface area contributed by atoms with Gasteiger partial charge in [-0.2, -0.15) is 0 Å². The molecule has 0 saturated heterocycles. The van der Waals surface area contributed by atoms with Crippen LogP contribution in [-0.2, 0) is 0 Å². The van der Waals surface area contributed by atoms with Crippen LogP contribution in [0.2, 0.25) is 0 Å². The summed E-state index contributed by atoms with van der Waals surface area (Å²) in [6.07, 6.45) is 2.69. The van der Waals surface area contributed by atoms with Gasteiger partial charge in [-0.3, -0.25) is 10.1 Å². The fourth-order valence-electron chi connectivity index (χ4n) is 1.55. The summed E-state index contributed by atoms with van der Waals surface area (Å²) in [6, 6.07) is 7.88. The topological polar surface area (TPSA) is 82.6 Å². The van der Waals surface area contributed by atoms with Crippen LogP contribution < -0.4 is 4.74 Å². The number of nitro groups is 1. The van der Waals surface area contributed by atoms with Gasteiger partial charge in [0.1, 0.15) is 5.75 Å². The maximum absolute atomic E-state index is 11.8. The molecule has 0 radical (unpaired) electrons. The average Bonchev–Trinajstić information content (AvgIpc) is 2.95. The number of halogens is 1. The summed E-state index contributed by atoms with van der Waals surface area (Å²) in [5.74, 6) is -0.407. The quantitative estimate of drug-likeness (QED) is 0.361. The van der Waals surface area contributed by atoms with Gasteiger partial charge in [-0.25, -0.2) is 4.79 Å². The smallest absolute Gasteiger partial charge is 0.379 e. The largest absolute Gasteiger partial charge is 0.457 e. The van der Waals surface area contributed by atoms with E-state index in [0.29, 0.717) is 10.0 Å². The van der Waals surface area contributed by atoms with E-state index >= 15 is 0 Å². The molecular weight excluding hydrogens is 342 g/mol. The van der Waals surface area contributed by atoms with Crippen LogP contribution in [0.4, 0.5) is 0 Å². The molecular formula is C14H10BrNO5. The Bertz CT molecular complexity index is 706. The van der Waals surface area contributed by atoms with E-state index in [2.05, 4.69) is 15.9 Å². The number of allylic oxidation sites excluding steroid dienone is 1. The number of esters is 1. The summed E-state index contributed by atoms with van der Waals surface area (Å²) in [7, 11) is 0. The van der Waals surface area contributed by atoms with Crippen molar-refractivity contribution in [1.29, 1.82) is 0 Å². The van der Waals surface area contributed by atoms with Crippen molar-refractivity contribution in [3.8, 4) is 5.75 Å². The van der Waals surface area contributed by atoms with Gasteiger partial charge in [-0.05, 0) is 30.3 Å². The number of nitrogens with zero attached hydrogens (tertiary/aromatic N) is 1. The Hall–Kier alpha value is -2.41. The van der Waals surface area contributed by atoms with Crippen LogP contribution in [0.1, 0.15) is 23.0 Å². The van der Waals surface area contributed by atoms with Crippen molar-refractivity contribution in [2.45, 2.75) is 6.92 Å². The molecule has 1 aromatic carbocycles. The fourth-order valence-corrected chi connectivity index (χ4v) is 1.93. The summed E-state index contributed by atoms with van der Waals surface area (Å²) >= 11 is 3.27. The van der Waals surface area contributed by atoms with Gasteiger partial charge in [0.25, 0.3) is 0 Å². The lowest BCUT2D eigenvalue weighted by Crippen LogP contribution is -2.08. The molecule has 0 saturated carbocycles. The monoisotopic (exact) mass is 351 g/mol. The first kappa shape index (κ1) is 15.0. The number of carbonyl (C=O) groups is 1. The van der Waals surface area contributed by atoms with Crippen molar-refractivity contribution in [2.75, 3.05) is 0 Å². The molecule has 0 spiro atoms. The summed E-state index contributed by atoms with van der Waals surface area (Å²) < 4.78 is 10.9. The van der Waals surface area contributed by atoms with Gasteiger partial charge >= 0.3 is 5.97 Å². The number of furan rings is 1. The Morgan fingerprint density at radius 1 is 1.43 bits per heavy atom. The molecule has 1 aromatic heterocycles. The van der Waals surface area contributed by atoms with E-state index in [9.17, 15) is 14.9 Å². The second-order valence-electron chi connectivity index (χ2n) is 4.09. The molecule has 6 nitrogen and oxygen atoms in total. The number of rotatable bonds is 4. The van der Waals surface area contributed by atoms with Crippen molar-refractivity contribution in [3.05, 3.63) is 68.2 Å². The van der Waals surface area contributed by atoms with E-state index in [1.54, 1.807) is 24.3 Å². The number of benzene rings is 1. The molecule has 0 aliphatic heterocycles. The predicted molar refractivity (Wildman–Crippen MR) is 78.5 cm³/mol. The lowest BCUT2D eigenvalue weighted by Gasteiger charge is -2.06. The Kier molecular flexibility index (Phi) is 4.54. The Balaban J connectivity index is 2.33. The molecule has 2 aromatic rings. The van der Waals surface area contributed by atoms with Crippen molar-refractivity contribution < 1.29 is 18.9 Å². The minimum atomic E-state index is -0.671. The SMILES string of the molecule is C/C(=C\c1cc(Br)ccc1OC(=O)c1ccco1)[N+](=O)[O-]. The van der Waals surface area contributed by atoms with Crippen molar-refractivity contribution in [3.63, 3.8) is 0 Å². The molecule has 0 atom stereocenters. The van der Waals surface area contributed by atoms with Gasteiger partial charge in [0.15, 0.2) is 0 Å². The molecule has 0 fully saturated rings. The Morgan fingerprint density at radius 2 is 2.19 bits per heavy atom. The van der Waals surface area contributed by atoms with Crippen molar-refractivity contribution in [2.24, 2.45) is 0 Å². The zero-order valence-corrected chi connectivity index (χ0v) is 12.5. The standard InChI is InChI=1S/C14H10BrNO5/c1-9(16(18)19)7-10-8-11(15)4-5-12(10)21-14(17)13-3-2-6-20-13/h2-8H,1H3/b9-7+. The van der Waals surface area contributed by atoms with Gasteiger partial charge in [-0.1, -0.05) is 15.9 Å².